The molecular weight excluding hydrogens is 610 g/mol. The average molecular weight is 630 g/mol. The van der Waals surface area contributed by atoms with Gasteiger partial charge in [0.05, 0.1) is 20.2 Å². The van der Waals surface area contributed by atoms with Gasteiger partial charge in [-0.1, -0.05) is 40.8 Å². The largest absolute Gasteiger partial charge is 0.459 e. The lowest BCUT2D eigenvalue weighted by molar-refractivity contribution is -0.124. The third kappa shape index (κ3) is 4.79. The van der Waals surface area contributed by atoms with Crippen LogP contribution in [0.25, 0.3) is 17.0 Å². The first-order chi connectivity index (χ1) is 14.5. The van der Waals surface area contributed by atoms with Gasteiger partial charge in [-0.05, 0) is 58.9 Å². The van der Waals surface area contributed by atoms with Crippen LogP contribution in [0.15, 0.2) is 53.1 Å². The summed E-state index contributed by atoms with van der Waals surface area (Å²) in [6.07, 6.45) is 5.55. The summed E-state index contributed by atoms with van der Waals surface area (Å²) < 4.78 is 7.58. The average Bonchev–Trinajstić information content (AvgIpc) is 3.27. The Kier molecular flexibility index (Phi) is 6.91. The number of nitrogens with zero attached hydrogens (tertiary/aromatic N) is 2. The van der Waals surface area contributed by atoms with Crippen molar-refractivity contribution in [3.63, 3.8) is 0 Å². The van der Waals surface area contributed by atoms with Gasteiger partial charge in [-0.25, -0.2) is 10.5 Å². The topological polar surface area (TPSA) is 90.6 Å². The molecule has 4 rings (SSSR count). The summed E-state index contributed by atoms with van der Waals surface area (Å²) in [6, 6.07) is 12.2. The standard InChI is InChI=1S/C21H20I2N4O3/c22-20-14-3-1-2-4-16(14)30-17(20)12-27-10-9-15(21(27)23)25-18-7-5-13(11-24-18)6-8-19(28)26-29/h1-8,11,15,21,29H,9-10,12H2,(H,24,25)(H,26,28)/t15-,21?/m1/s1. The Morgan fingerprint density at radius 3 is 2.90 bits per heavy atom. The fourth-order valence-corrected chi connectivity index (χ4v) is 5.21. The lowest BCUT2D eigenvalue weighted by Crippen LogP contribution is -2.33. The maximum atomic E-state index is 11.1. The van der Waals surface area contributed by atoms with Crippen molar-refractivity contribution in [2.45, 2.75) is 23.1 Å². The van der Waals surface area contributed by atoms with Crippen LogP contribution in [0.5, 0.6) is 0 Å². The molecule has 1 aliphatic rings. The van der Waals surface area contributed by atoms with Gasteiger partial charge in [-0.3, -0.25) is 14.9 Å². The van der Waals surface area contributed by atoms with Crippen molar-refractivity contribution >= 4 is 74.0 Å². The van der Waals surface area contributed by atoms with Crippen LogP contribution in [0, 0.1) is 3.57 Å². The fourth-order valence-electron chi connectivity index (χ4n) is 3.47. The zero-order valence-electron chi connectivity index (χ0n) is 15.9. The number of hydrogen-bond acceptors (Lipinski definition) is 6. The summed E-state index contributed by atoms with van der Waals surface area (Å²) in [7, 11) is 0. The third-order valence-electron chi connectivity index (χ3n) is 5.01. The fraction of sp³-hybridized carbons (Fsp3) is 0.238. The monoisotopic (exact) mass is 630 g/mol. The molecule has 1 aromatic carbocycles. The first kappa shape index (κ1) is 21.5. The van der Waals surface area contributed by atoms with Gasteiger partial charge in [0.15, 0.2) is 0 Å². The van der Waals surface area contributed by atoms with Gasteiger partial charge in [0.25, 0.3) is 5.91 Å². The van der Waals surface area contributed by atoms with Crippen LogP contribution in [-0.2, 0) is 11.3 Å². The number of pyridine rings is 1. The van der Waals surface area contributed by atoms with E-state index in [0.29, 0.717) is 4.05 Å². The number of benzene rings is 1. The van der Waals surface area contributed by atoms with Crippen molar-refractivity contribution in [2.75, 3.05) is 11.9 Å². The highest BCUT2D eigenvalue weighted by atomic mass is 127. The molecule has 2 aromatic heterocycles. The maximum absolute atomic E-state index is 11.1. The number of anilines is 1. The second-order valence-corrected chi connectivity index (χ2v) is 9.36. The third-order valence-corrected chi connectivity index (χ3v) is 7.85. The number of furan rings is 1. The van der Waals surface area contributed by atoms with E-state index in [1.807, 2.05) is 30.3 Å². The Hall–Kier alpha value is -1.70. The number of aromatic nitrogens is 1. The summed E-state index contributed by atoms with van der Waals surface area (Å²) in [5.74, 6) is 1.24. The molecule has 9 heteroatoms. The molecular formula is C21H20I2N4O3. The quantitative estimate of drug-likeness (QED) is 0.0936. The highest BCUT2D eigenvalue weighted by molar-refractivity contribution is 14.1. The van der Waals surface area contributed by atoms with Crippen LogP contribution in [0.4, 0.5) is 5.82 Å². The van der Waals surface area contributed by atoms with Crippen molar-refractivity contribution in [2.24, 2.45) is 0 Å². The van der Waals surface area contributed by atoms with Crippen LogP contribution < -0.4 is 10.8 Å². The van der Waals surface area contributed by atoms with Gasteiger partial charge in [0.1, 0.15) is 17.2 Å². The zero-order valence-corrected chi connectivity index (χ0v) is 20.2. The first-order valence-electron chi connectivity index (χ1n) is 9.44. The number of amides is 1. The number of hydroxylamine groups is 1. The molecule has 156 valence electrons. The molecule has 1 amide bonds. The Morgan fingerprint density at radius 2 is 2.17 bits per heavy atom. The molecule has 1 aliphatic heterocycles. The Bertz CT molecular complexity index is 1070. The Labute approximate surface area is 201 Å². The van der Waals surface area contributed by atoms with E-state index in [1.165, 1.54) is 15.0 Å². The van der Waals surface area contributed by atoms with Gasteiger partial charge in [-0.15, -0.1) is 0 Å². The van der Waals surface area contributed by atoms with E-state index < -0.39 is 5.91 Å². The van der Waals surface area contributed by atoms with E-state index in [0.717, 1.165) is 42.2 Å². The van der Waals surface area contributed by atoms with E-state index in [4.69, 9.17) is 9.62 Å². The van der Waals surface area contributed by atoms with Gasteiger partial charge in [-0.2, -0.15) is 0 Å². The number of carbonyl (C=O) groups is 1. The summed E-state index contributed by atoms with van der Waals surface area (Å²) >= 11 is 4.86. The molecule has 1 saturated heterocycles. The summed E-state index contributed by atoms with van der Waals surface area (Å²) in [4.78, 5) is 17.9. The van der Waals surface area contributed by atoms with E-state index in [9.17, 15) is 4.79 Å². The summed E-state index contributed by atoms with van der Waals surface area (Å²) in [5, 5.41) is 13.2. The molecule has 3 N–H and O–H groups in total. The number of para-hydroxylation sites is 1. The van der Waals surface area contributed by atoms with Crippen molar-refractivity contribution in [3.05, 3.63) is 63.6 Å². The van der Waals surface area contributed by atoms with Gasteiger partial charge in [0.2, 0.25) is 0 Å². The minimum atomic E-state index is -0.574. The van der Waals surface area contributed by atoms with E-state index in [1.54, 1.807) is 17.8 Å². The van der Waals surface area contributed by atoms with E-state index >= 15 is 0 Å². The lowest BCUT2D eigenvalue weighted by atomic mass is 10.2. The number of fused-ring (bicyclic) bond motifs is 1. The molecule has 7 nitrogen and oxygen atoms in total. The van der Waals surface area contributed by atoms with E-state index in [-0.39, 0.29) is 6.04 Å². The van der Waals surface area contributed by atoms with Crippen molar-refractivity contribution in [3.8, 4) is 0 Å². The number of carbonyl (C=O) groups excluding carboxylic acids is 1. The maximum Gasteiger partial charge on any atom is 0.267 e. The summed E-state index contributed by atoms with van der Waals surface area (Å²) in [5.41, 5.74) is 3.28. The van der Waals surface area contributed by atoms with Crippen molar-refractivity contribution in [1.29, 1.82) is 0 Å². The minimum absolute atomic E-state index is 0.279. The highest BCUT2D eigenvalue weighted by Crippen LogP contribution is 2.32. The van der Waals surface area contributed by atoms with Crippen molar-refractivity contribution in [1.82, 2.24) is 15.4 Å². The van der Waals surface area contributed by atoms with Crippen LogP contribution in [0.3, 0.4) is 0 Å². The number of likely N-dealkylation sites (tertiary alicyclic amines) is 1. The van der Waals surface area contributed by atoms with E-state index in [2.05, 4.69) is 66.4 Å². The van der Waals surface area contributed by atoms with Crippen molar-refractivity contribution < 1.29 is 14.4 Å². The molecule has 0 spiro atoms. The molecule has 0 bridgehead atoms. The predicted octanol–water partition coefficient (Wildman–Crippen LogP) is 4.40. The lowest BCUT2D eigenvalue weighted by Gasteiger charge is -2.23. The second-order valence-electron chi connectivity index (χ2n) is 7.00. The summed E-state index contributed by atoms with van der Waals surface area (Å²) in [6.45, 7) is 1.76. The number of nitrogens with one attached hydrogen (secondary N) is 2. The van der Waals surface area contributed by atoms with Crippen LogP contribution >= 0.6 is 45.2 Å². The highest BCUT2D eigenvalue weighted by Gasteiger charge is 2.33. The smallest absolute Gasteiger partial charge is 0.267 e. The molecule has 3 heterocycles. The number of hydrogen-bond donors (Lipinski definition) is 3. The molecule has 0 radical (unpaired) electrons. The first-order valence-corrected chi connectivity index (χ1v) is 11.8. The number of rotatable bonds is 6. The Morgan fingerprint density at radius 1 is 1.33 bits per heavy atom. The number of alkyl halides is 1. The second kappa shape index (κ2) is 9.62. The van der Waals surface area contributed by atoms with Crippen LogP contribution in [-0.4, -0.2) is 37.6 Å². The Balaban J connectivity index is 1.38. The molecule has 0 saturated carbocycles. The zero-order chi connectivity index (χ0) is 21.1. The molecule has 1 unspecified atom stereocenters. The molecule has 0 aliphatic carbocycles. The minimum Gasteiger partial charge on any atom is -0.459 e. The molecule has 3 aromatic rings. The van der Waals surface area contributed by atoms with Gasteiger partial charge >= 0.3 is 0 Å². The predicted molar refractivity (Wildman–Crippen MR) is 132 cm³/mol. The molecule has 1 fully saturated rings. The van der Waals surface area contributed by atoms with Gasteiger partial charge in [0, 0.05) is 24.2 Å². The van der Waals surface area contributed by atoms with Crippen LogP contribution in [0.2, 0.25) is 0 Å². The van der Waals surface area contributed by atoms with Crippen LogP contribution in [0.1, 0.15) is 17.7 Å². The number of halogens is 2. The molecule has 2 atom stereocenters. The normalized spacial score (nSPS) is 19.6. The SMILES string of the molecule is O=C(C=Cc1ccc(N[C@@H]2CCN(Cc3oc4ccccc4c3I)C2I)nc1)NO. The van der Waals surface area contributed by atoms with Gasteiger partial charge < -0.3 is 9.73 Å². The molecule has 30 heavy (non-hydrogen) atoms.